The van der Waals surface area contributed by atoms with Crippen LogP contribution in [0.25, 0.3) is 0 Å². The van der Waals surface area contributed by atoms with Gasteiger partial charge in [0.25, 0.3) is 0 Å². The second-order valence-electron chi connectivity index (χ2n) is 6.19. The lowest BCUT2D eigenvalue weighted by Gasteiger charge is -2.32. The van der Waals surface area contributed by atoms with Gasteiger partial charge in [0.1, 0.15) is 18.2 Å². The number of ether oxygens (including phenoxy) is 1. The Bertz CT molecular complexity index is 458. The van der Waals surface area contributed by atoms with Crippen LogP contribution in [0.5, 0.6) is 5.88 Å². The van der Waals surface area contributed by atoms with E-state index >= 15 is 0 Å². The predicted molar refractivity (Wildman–Crippen MR) is 88.2 cm³/mol. The molecule has 0 saturated heterocycles. The van der Waals surface area contributed by atoms with Gasteiger partial charge in [-0.2, -0.15) is 4.98 Å². The summed E-state index contributed by atoms with van der Waals surface area (Å²) in [5.74, 6) is 2.42. The normalized spacial score (nSPS) is 11.8. The molecule has 1 heterocycles. The van der Waals surface area contributed by atoms with E-state index in [4.69, 9.17) is 4.74 Å². The van der Waals surface area contributed by atoms with Gasteiger partial charge in [0.15, 0.2) is 0 Å². The molecule has 0 spiro atoms. The SMILES string of the molecule is CCCc1nc(NCC)c(C)c(OCC(C)(C)N(C)C)n1. The van der Waals surface area contributed by atoms with Crippen molar-refractivity contribution in [1.82, 2.24) is 14.9 Å². The summed E-state index contributed by atoms with van der Waals surface area (Å²) in [6.45, 7) is 11.9. The first-order valence-corrected chi connectivity index (χ1v) is 7.73. The number of likely N-dealkylation sites (N-methyl/N-ethyl adjacent to an activating group) is 1. The molecule has 1 aromatic rings. The van der Waals surface area contributed by atoms with E-state index < -0.39 is 0 Å². The molecule has 0 saturated carbocycles. The highest BCUT2D eigenvalue weighted by molar-refractivity contribution is 5.48. The zero-order valence-electron chi connectivity index (χ0n) is 14.6. The standard InChI is InChI=1S/C16H30N4O/c1-8-10-13-18-14(17-9-2)12(3)15(19-13)21-11-16(4,5)20(6)7/h8-11H2,1-7H3,(H,17,18,19). The molecule has 0 fully saturated rings. The summed E-state index contributed by atoms with van der Waals surface area (Å²) in [7, 11) is 4.12. The van der Waals surface area contributed by atoms with E-state index in [0.29, 0.717) is 12.5 Å². The van der Waals surface area contributed by atoms with Gasteiger partial charge in [0.05, 0.1) is 5.56 Å². The van der Waals surface area contributed by atoms with Crippen LogP contribution in [0.15, 0.2) is 0 Å². The maximum atomic E-state index is 6.00. The zero-order valence-corrected chi connectivity index (χ0v) is 14.6. The van der Waals surface area contributed by atoms with Crippen molar-refractivity contribution in [3.8, 4) is 5.88 Å². The highest BCUT2D eigenvalue weighted by Gasteiger charge is 2.22. The summed E-state index contributed by atoms with van der Waals surface area (Å²) in [6.07, 6.45) is 1.89. The van der Waals surface area contributed by atoms with E-state index in [2.05, 4.69) is 62.0 Å². The molecule has 0 aliphatic rings. The first-order valence-electron chi connectivity index (χ1n) is 7.73. The molecular formula is C16H30N4O. The Labute approximate surface area is 129 Å². The lowest BCUT2D eigenvalue weighted by atomic mass is 10.1. The first-order chi connectivity index (χ1) is 9.81. The third kappa shape index (κ3) is 4.84. The molecular weight excluding hydrogens is 264 g/mol. The highest BCUT2D eigenvalue weighted by Crippen LogP contribution is 2.24. The van der Waals surface area contributed by atoms with Crippen molar-refractivity contribution in [2.45, 2.75) is 53.0 Å². The number of hydrogen-bond donors (Lipinski definition) is 1. The van der Waals surface area contributed by atoms with Crippen molar-refractivity contribution < 1.29 is 4.74 Å². The van der Waals surface area contributed by atoms with Crippen molar-refractivity contribution in [2.75, 3.05) is 32.6 Å². The molecule has 0 atom stereocenters. The second-order valence-corrected chi connectivity index (χ2v) is 6.19. The van der Waals surface area contributed by atoms with E-state index in [-0.39, 0.29) is 5.54 Å². The number of anilines is 1. The lowest BCUT2D eigenvalue weighted by molar-refractivity contribution is 0.110. The van der Waals surface area contributed by atoms with Gasteiger partial charge in [-0.1, -0.05) is 6.92 Å². The minimum Gasteiger partial charge on any atom is -0.475 e. The second kappa shape index (κ2) is 7.59. The average Bonchev–Trinajstić information content (AvgIpc) is 2.41. The summed E-state index contributed by atoms with van der Waals surface area (Å²) < 4.78 is 6.00. The number of aromatic nitrogens is 2. The molecule has 0 aliphatic heterocycles. The van der Waals surface area contributed by atoms with E-state index in [1.54, 1.807) is 0 Å². The molecule has 1 N–H and O–H groups in total. The van der Waals surface area contributed by atoms with Crippen molar-refractivity contribution in [2.24, 2.45) is 0 Å². The van der Waals surface area contributed by atoms with Crippen LogP contribution < -0.4 is 10.1 Å². The minimum atomic E-state index is -0.0410. The molecule has 1 rings (SSSR count). The summed E-state index contributed by atoms with van der Waals surface area (Å²) in [5.41, 5.74) is 0.937. The summed E-state index contributed by atoms with van der Waals surface area (Å²) >= 11 is 0. The lowest BCUT2D eigenvalue weighted by Crippen LogP contribution is -2.43. The highest BCUT2D eigenvalue weighted by atomic mass is 16.5. The van der Waals surface area contributed by atoms with Gasteiger partial charge >= 0.3 is 0 Å². The van der Waals surface area contributed by atoms with E-state index in [9.17, 15) is 0 Å². The molecule has 5 nitrogen and oxygen atoms in total. The van der Waals surface area contributed by atoms with Gasteiger partial charge in [0, 0.05) is 18.5 Å². The van der Waals surface area contributed by atoms with Crippen LogP contribution in [0.3, 0.4) is 0 Å². The summed E-state index contributed by atoms with van der Waals surface area (Å²) in [6, 6.07) is 0. The van der Waals surface area contributed by atoms with Gasteiger partial charge < -0.3 is 15.0 Å². The molecule has 120 valence electrons. The zero-order chi connectivity index (χ0) is 16.0. The molecule has 5 heteroatoms. The quantitative estimate of drug-likeness (QED) is 0.799. The van der Waals surface area contributed by atoms with Crippen molar-refractivity contribution >= 4 is 5.82 Å². The molecule has 1 aromatic heterocycles. The van der Waals surface area contributed by atoms with Crippen molar-refractivity contribution in [3.63, 3.8) is 0 Å². The Morgan fingerprint density at radius 3 is 2.38 bits per heavy atom. The van der Waals surface area contributed by atoms with Crippen LogP contribution >= 0.6 is 0 Å². The molecule has 0 unspecified atom stereocenters. The topological polar surface area (TPSA) is 50.3 Å². The maximum absolute atomic E-state index is 6.00. The smallest absolute Gasteiger partial charge is 0.221 e. The Balaban J connectivity index is 2.99. The Hall–Kier alpha value is -1.36. The third-order valence-electron chi connectivity index (χ3n) is 3.74. The molecule has 0 aliphatic carbocycles. The first kappa shape index (κ1) is 17.7. The molecule has 0 amide bonds. The molecule has 0 radical (unpaired) electrons. The van der Waals surface area contributed by atoms with Crippen LogP contribution in [0.4, 0.5) is 5.82 Å². The van der Waals surface area contributed by atoms with Crippen LogP contribution in [-0.2, 0) is 6.42 Å². The van der Waals surface area contributed by atoms with E-state index in [1.165, 1.54) is 0 Å². The number of nitrogens with zero attached hydrogens (tertiary/aromatic N) is 3. The largest absolute Gasteiger partial charge is 0.475 e. The summed E-state index contributed by atoms with van der Waals surface area (Å²) in [5, 5.41) is 3.29. The van der Waals surface area contributed by atoms with Gasteiger partial charge in [-0.3, -0.25) is 0 Å². The van der Waals surface area contributed by atoms with Crippen LogP contribution in [0.1, 0.15) is 45.5 Å². The van der Waals surface area contributed by atoms with Gasteiger partial charge in [-0.05, 0) is 48.2 Å². The fourth-order valence-electron chi connectivity index (χ4n) is 1.73. The van der Waals surface area contributed by atoms with Crippen LogP contribution in [-0.4, -0.2) is 47.7 Å². The Kier molecular flexibility index (Phi) is 6.40. The van der Waals surface area contributed by atoms with Crippen LogP contribution in [0, 0.1) is 6.92 Å². The molecule has 21 heavy (non-hydrogen) atoms. The third-order valence-corrected chi connectivity index (χ3v) is 3.74. The fourth-order valence-corrected chi connectivity index (χ4v) is 1.73. The number of rotatable bonds is 8. The number of aryl methyl sites for hydroxylation is 1. The van der Waals surface area contributed by atoms with Gasteiger partial charge in [-0.25, -0.2) is 4.98 Å². The minimum absolute atomic E-state index is 0.0410. The van der Waals surface area contributed by atoms with E-state index in [1.807, 2.05) is 6.92 Å². The van der Waals surface area contributed by atoms with Crippen molar-refractivity contribution in [1.29, 1.82) is 0 Å². The van der Waals surface area contributed by atoms with Gasteiger partial charge in [-0.15, -0.1) is 0 Å². The van der Waals surface area contributed by atoms with Crippen molar-refractivity contribution in [3.05, 3.63) is 11.4 Å². The van der Waals surface area contributed by atoms with Crippen LogP contribution in [0.2, 0.25) is 0 Å². The predicted octanol–water partition coefficient (Wildman–Crippen LogP) is 2.89. The Morgan fingerprint density at radius 2 is 1.86 bits per heavy atom. The number of nitrogens with one attached hydrogen (secondary N) is 1. The molecule has 0 aromatic carbocycles. The Morgan fingerprint density at radius 1 is 1.19 bits per heavy atom. The maximum Gasteiger partial charge on any atom is 0.221 e. The number of hydrogen-bond acceptors (Lipinski definition) is 5. The molecule has 0 bridgehead atoms. The fraction of sp³-hybridized carbons (Fsp3) is 0.750. The monoisotopic (exact) mass is 294 g/mol. The van der Waals surface area contributed by atoms with Gasteiger partial charge in [0.2, 0.25) is 5.88 Å². The van der Waals surface area contributed by atoms with E-state index in [0.717, 1.165) is 36.6 Å². The average molecular weight is 294 g/mol. The summed E-state index contributed by atoms with van der Waals surface area (Å²) in [4.78, 5) is 11.3.